The first-order chi connectivity index (χ1) is 7.65. The van der Waals surface area contributed by atoms with Crippen LogP contribution in [0.25, 0.3) is 0 Å². The molecule has 0 saturated heterocycles. The zero-order chi connectivity index (χ0) is 11.5. The maximum atomic E-state index is 9.30. The van der Waals surface area contributed by atoms with Crippen LogP contribution in [-0.2, 0) is 0 Å². The Kier molecular flexibility index (Phi) is 2.92. The number of hydrogen-bond donors (Lipinski definition) is 3. The van der Waals surface area contributed by atoms with Gasteiger partial charge in [-0.15, -0.1) is 0 Å². The van der Waals surface area contributed by atoms with Crippen LogP contribution in [0.4, 0.5) is 11.4 Å². The zero-order valence-electron chi connectivity index (χ0n) is 8.55. The van der Waals surface area contributed by atoms with E-state index in [0.717, 1.165) is 15.5 Å². The summed E-state index contributed by atoms with van der Waals surface area (Å²) in [7, 11) is 0. The smallest absolute Gasteiger partial charge is 0.138 e. The van der Waals surface area contributed by atoms with Crippen LogP contribution in [0.2, 0.25) is 0 Å². The van der Waals surface area contributed by atoms with Crippen molar-refractivity contribution in [2.75, 3.05) is 11.5 Å². The molecule has 0 spiro atoms. The van der Waals surface area contributed by atoms with Crippen LogP contribution in [0, 0.1) is 0 Å². The highest BCUT2D eigenvalue weighted by Crippen LogP contribution is 2.32. The molecule has 0 bridgehead atoms. The van der Waals surface area contributed by atoms with E-state index in [1.165, 1.54) is 0 Å². The van der Waals surface area contributed by atoms with E-state index in [2.05, 4.69) is 0 Å². The van der Waals surface area contributed by atoms with E-state index < -0.39 is 0 Å². The highest BCUT2D eigenvalue weighted by atomic mass is 32.2. The largest absolute Gasteiger partial charge is 0.506 e. The van der Waals surface area contributed by atoms with Gasteiger partial charge in [0.2, 0.25) is 0 Å². The lowest BCUT2D eigenvalue weighted by Gasteiger charge is -2.04. The SMILES string of the molecule is Nc1ccc(Sc2ccc(O)c(N)c2)cc1. The monoisotopic (exact) mass is 232 g/mol. The van der Waals surface area contributed by atoms with Gasteiger partial charge in [0, 0.05) is 15.5 Å². The van der Waals surface area contributed by atoms with Crippen molar-refractivity contribution < 1.29 is 5.11 Å². The second-order valence-corrected chi connectivity index (χ2v) is 4.54. The summed E-state index contributed by atoms with van der Waals surface area (Å²) in [6.07, 6.45) is 0. The van der Waals surface area contributed by atoms with Gasteiger partial charge in [0.05, 0.1) is 5.69 Å². The molecule has 0 heterocycles. The van der Waals surface area contributed by atoms with Crippen LogP contribution >= 0.6 is 11.8 Å². The summed E-state index contributed by atoms with van der Waals surface area (Å²) >= 11 is 1.57. The Balaban J connectivity index is 2.20. The molecule has 0 aliphatic rings. The third-order valence-electron chi connectivity index (χ3n) is 2.11. The van der Waals surface area contributed by atoms with Crippen LogP contribution in [-0.4, -0.2) is 5.11 Å². The van der Waals surface area contributed by atoms with Crippen LogP contribution in [0.3, 0.4) is 0 Å². The van der Waals surface area contributed by atoms with Crippen LogP contribution < -0.4 is 11.5 Å². The Bertz CT molecular complexity index is 497. The fourth-order valence-electron chi connectivity index (χ4n) is 1.27. The average molecular weight is 232 g/mol. The molecule has 0 atom stereocenters. The predicted octanol–water partition coefficient (Wildman–Crippen LogP) is 2.71. The molecule has 0 radical (unpaired) electrons. The highest BCUT2D eigenvalue weighted by molar-refractivity contribution is 7.99. The normalized spacial score (nSPS) is 10.2. The first-order valence-corrected chi connectivity index (χ1v) is 5.59. The van der Waals surface area contributed by atoms with Crippen molar-refractivity contribution in [3.63, 3.8) is 0 Å². The summed E-state index contributed by atoms with van der Waals surface area (Å²) in [4.78, 5) is 2.07. The minimum atomic E-state index is 0.113. The number of hydrogen-bond acceptors (Lipinski definition) is 4. The van der Waals surface area contributed by atoms with Crippen molar-refractivity contribution in [3.8, 4) is 5.75 Å². The quantitative estimate of drug-likeness (QED) is 0.550. The lowest BCUT2D eigenvalue weighted by atomic mass is 10.3. The van der Waals surface area contributed by atoms with Gasteiger partial charge >= 0.3 is 0 Å². The molecule has 3 nitrogen and oxygen atoms in total. The Morgan fingerprint density at radius 1 is 0.875 bits per heavy atom. The minimum Gasteiger partial charge on any atom is -0.506 e. The number of nitrogen functional groups attached to an aromatic ring is 2. The molecule has 2 aromatic rings. The number of nitrogens with two attached hydrogens (primary N) is 2. The maximum absolute atomic E-state index is 9.30. The Labute approximate surface area is 98.1 Å². The lowest BCUT2D eigenvalue weighted by Crippen LogP contribution is -1.86. The molecule has 0 aliphatic heterocycles. The summed E-state index contributed by atoms with van der Waals surface area (Å²) in [6.45, 7) is 0. The predicted molar refractivity (Wildman–Crippen MR) is 67.5 cm³/mol. The molecule has 4 heteroatoms. The van der Waals surface area contributed by atoms with Gasteiger partial charge in [-0.05, 0) is 42.5 Å². The van der Waals surface area contributed by atoms with E-state index in [4.69, 9.17) is 11.5 Å². The fraction of sp³-hybridized carbons (Fsp3) is 0. The fourth-order valence-corrected chi connectivity index (χ4v) is 2.13. The van der Waals surface area contributed by atoms with E-state index >= 15 is 0 Å². The van der Waals surface area contributed by atoms with Gasteiger partial charge in [-0.25, -0.2) is 0 Å². The van der Waals surface area contributed by atoms with Crippen LogP contribution in [0.1, 0.15) is 0 Å². The lowest BCUT2D eigenvalue weighted by molar-refractivity contribution is 0.477. The maximum Gasteiger partial charge on any atom is 0.138 e. The number of aromatic hydroxyl groups is 1. The number of benzene rings is 2. The van der Waals surface area contributed by atoms with Crippen molar-refractivity contribution in [2.24, 2.45) is 0 Å². The molecule has 0 saturated carbocycles. The standard InChI is InChI=1S/C12H12N2OS/c13-8-1-3-9(4-2-8)16-10-5-6-12(15)11(14)7-10/h1-7,15H,13-14H2. The number of phenolic OH excluding ortho intramolecular Hbond substituents is 1. The molecule has 0 fully saturated rings. The van der Waals surface area contributed by atoms with Crippen molar-refractivity contribution in [2.45, 2.75) is 9.79 Å². The number of anilines is 2. The molecule has 2 aromatic carbocycles. The summed E-state index contributed by atoms with van der Waals surface area (Å²) in [5.74, 6) is 0.113. The minimum absolute atomic E-state index is 0.113. The van der Waals surface area contributed by atoms with E-state index in [9.17, 15) is 5.11 Å². The first kappa shape index (κ1) is 10.7. The Morgan fingerprint density at radius 3 is 2.12 bits per heavy atom. The Morgan fingerprint density at radius 2 is 1.50 bits per heavy atom. The van der Waals surface area contributed by atoms with Crippen molar-refractivity contribution in [3.05, 3.63) is 42.5 Å². The first-order valence-electron chi connectivity index (χ1n) is 4.77. The molecule has 2 rings (SSSR count). The van der Waals surface area contributed by atoms with Gasteiger partial charge in [-0.2, -0.15) is 0 Å². The number of rotatable bonds is 2. The second kappa shape index (κ2) is 4.37. The van der Waals surface area contributed by atoms with Crippen LogP contribution in [0.15, 0.2) is 52.3 Å². The molecular weight excluding hydrogens is 220 g/mol. The van der Waals surface area contributed by atoms with Gasteiger partial charge in [0.1, 0.15) is 5.75 Å². The van der Waals surface area contributed by atoms with Crippen LogP contribution in [0.5, 0.6) is 5.75 Å². The topological polar surface area (TPSA) is 72.3 Å². The summed E-state index contributed by atoms with van der Waals surface area (Å²) in [5, 5.41) is 9.30. The van der Waals surface area contributed by atoms with E-state index in [0.29, 0.717) is 5.69 Å². The third-order valence-corrected chi connectivity index (χ3v) is 3.11. The van der Waals surface area contributed by atoms with E-state index in [1.807, 2.05) is 30.3 Å². The highest BCUT2D eigenvalue weighted by Gasteiger charge is 2.01. The zero-order valence-corrected chi connectivity index (χ0v) is 9.37. The van der Waals surface area contributed by atoms with Gasteiger partial charge in [-0.1, -0.05) is 11.8 Å². The van der Waals surface area contributed by atoms with Crippen molar-refractivity contribution in [1.82, 2.24) is 0 Å². The molecule has 82 valence electrons. The van der Waals surface area contributed by atoms with Crippen molar-refractivity contribution in [1.29, 1.82) is 0 Å². The Hall–Kier alpha value is -1.81. The summed E-state index contributed by atoms with van der Waals surface area (Å²) < 4.78 is 0. The molecule has 5 N–H and O–H groups in total. The number of phenols is 1. The summed E-state index contributed by atoms with van der Waals surface area (Å²) in [5.41, 5.74) is 12.4. The average Bonchev–Trinajstić information content (AvgIpc) is 2.27. The molecular formula is C12H12N2OS. The molecule has 0 aromatic heterocycles. The van der Waals surface area contributed by atoms with E-state index in [-0.39, 0.29) is 5.75 Å². The molecule has 16 heavy (non-hydrogen) atoms. The van der Waals surface area contributed by atoms with Gasteiger partial charge in [0.15, 0.2) is 0 Å². The van der Waals surface area contributed by atoms with Gasteiger partial charge < -0.3 is 16.6 Å². The molecule has 0 unspecified atom stereocenters. The molecule has 0 aliphatic carbocycles. The van der Waals surface area contributed by atoms with Gasteiger partial charge in [0.25, 0.3) is 0 Å². The third kappa shape index (κ3) is 2.41. The van der Waals surface area contributed by atoms with Crippen molar-refractivity contribution >= 4 is 23.1 Å². The summed E-state index contributed by atoms with van der Waals surface area (Å²) in [6, 6.07) is 12.8. The van der Waals surface area contributed by atoms with Gasteiger partial charge in [-0.3, -0.25) is 0 Å². The van der Waals surface area contributed by atoms with E-state index in [1.54, 1.807) is 23.9 Å². The second-order valence-electron chi connectivity index (χ2n) is 3.39. The molecule has 0 amide bonds.